The lowest BCUT2D eigenvalue weighted by molar-refractivity contribution is 0.298. The highest BCUT2D eigenvalue weighted by Crippen LogP contribution is 2.29. The molecule has 0 radical (unpaired) electrons. The Bertz CT molecular complexity index is 544. The van der Waals surface area contributed by atoms with Gasteiger partial charge in [-0.1, -0.05) is 6.07 Å². The molecule has 2 N–H and O–H groups in total. The first-order valence-electron chi connectivity index (χ1n) is 5.83. The normalized spacial score (nSPS) is 10.3. The predicted molar refractivity (Wildman–Crippen MR) is 77.2 cm³/mol. The van der Waals surface area contributed by atoms with E-state index in [1.165, 1.54) is 0 Å². The highest BCUT2D eigenvalue weighted by atomic mass is 79.9. The topological polar surface area (TPSA) is 57.4 Å². The van der Waals surface area contributed by atoms with Crippen molar-refractivity contribution >= 4 is 15.9 Å². The highest BCUT2D eigenvalue weighted by Gasteiger charge is 2.04. The molecule has 0 spiro atoms. The van der Waals surface area contributed by atoms with E-state index in [0.717, 1.165) is 27.2 Å². The minimum Gasteiger partial charge on any atom is -0.497 e. The second kappa shape index (κ2) is 6.54. The molecule has 0 unspecified atom stereocenters. The number of rotatable bonds is 5. The third-order valence-corrected chi connectivity index (χ3v) is 3.26. The molecule has 0 atom stereocenters. The van der Waals surface area contributed by atoms with E-state index in [9.17, 15) is 0 Å². The van der Waals surface area contributed by atoms with Gasteiger partial charge in [0, 0.05) is 12.7 Å². The molecule has 0 aliphatic rings. The number of aromatic nitrogens is 1. The third-order valence-electron chi connectivity index (χ3n) is 2.64. The van der Waals surface area contributed by atoms with Crippen LogP contribution in [0.25, 0.3) is 0 Å². The van der Waals surface area contributed by atoms with E-state index in [-0.39, 0.29) is 0 Å². The van der Waals surface area contributed by atoms with Crippen LogP contribution >= 0.6 is 15.9 Å². The van der Waals surface area contributed by atoms with Gasteiger partial charge in [-0.15, -0.1) is 0 Å². The van der Waals surface area contributed by atoms with Gasteiger partial charge in [-0.2, -0.15) is 0 Å². The number of hydrogen-bond acceptors (Lipinski definition) is 4. The number of ether oxygens (including phenoxy) is 2. The average molecular weight is 323 g/mol. The van der Waals surface area contributed by atoms with Crippen molar-refractivity contribution in [3.63, 3.8) is 0 Å². The molecule has 4 nitrogen and oxygen atoms in total. The smallest absolute Gasteiger partial charge is 0.134 e. The summed E-state index contributed by atoms with van der Waals surface area (Å²) in [5, 5.41) is 0. The molecule has 2 aromatic rings. The van der Waals surface area contributed by atoms with Crippen molar-refractivity contribution in [2.75, 3.05) is 7.11 Å². The summed E-state index contributed by atoms with van der Waals surface area (Å²) < 4.78 is 11.7. The second-order valence-corrected chi connectivity index (χ2v) is 4.80. The summed E-state index contributed by atoms with van der Waals surface area (Å²) in [7, 11) is 1.63. The SMILES string of the molecule is COc1ccc(OCc2ccc(CN)cn2)c(Br)c1. The Morgan fingerprint density at radius 1 is 1.26 bits per heavy atom. The Hall–Kier alpha value is -1.59. The van der Waals surface area contributed by atoms with Gasteiger partial charge < -0.3 is 15.2 Å². The molecular formula is C14H15BrN2O2. The van der Waals surface area contributed by atoms with E-state index >= 15 is 0 Å². The fourth-order valence-electron chi connectivity index (χ4n) is 1.54. The molecule has 19 heavy (non-hydrogen) atoms. The van der Waals surface area contributed by atoms with Crippen LogP contribution in [0.2, 0.25) is 0 Å². The molecule has 5 heteroatoms. The van der Waals surface area contributed by atoms with E-state index < -0.39 is 0 Å². The predicted octanol–water partition coefficient (Wildman–Crippen LogP) is 2.89. The first-order valence-corrected chi connectivity index (χ1v) is 6.62. The molecule has 1 heterocycles. The van der Waals surface area contributed by atoms with E-state index in [1.807, 2.05) is 30.3 Å². The number of methoxy groups -OCH3 is 1. The van der Waals surface area contributed by atoms with Gasteiger partial charge in [-0.3, -0.25) is 4.98 Å². The Morgan fingerprint density at radius 3 is 2.68 bits per heavy atom. The second-order valence-electron chi connectivity index (χ2n) is 3.95. The van der Waals surface area contributed by atoms with Crippen molar-refractivity contribution < 1.29 is 9.47 Å². The Balaban J connectivity index is 2.01. The number of nitrogens with two attached hydrogens (primary N) is 1. The molecule has 1 aromatic heterocycles. The van der Waals surface area contributed by atoms with Crippen molar-refractivity contribution in [3.8, 4) is 11.5 Å². The van der Waals surface area contributed by atoms with Crippen LogP contribution in [0.4, 0.5) is 0 Å². The van der Waals surface area contributed by atoms with E-state index in [1.54, 1.807) is 13.3 Å². The van der Waals surface area contributed by atoms with E-state index in [0.29, 0.717) is 13.2 Å². The summed E-state index contributed by atoms with van der Waals surface area (Å²) in [6.07, 6.45) is 1.77. The highest BCUT2D eigenvalue weighted by molar-refractivity contribution is 9.10. The summed E-state index contributed by atoms with van der Waals surface area (Å²) in [6.45, 7) is 0.911. The molecule has 0 bridgehead atoms. The molecule has 0 saturated carbocycles. The van der Waals surface area contributed by atoms with Gasteiger partial charge in [-0.05, 0) is 45.8 Å². The fourth-order valence-corrected chi connectivity index (χ4v) is 2.01. The number of pyridine rings is 1. The zero-order valence-electron chi connectivity index (χ0n) is 10.6. The lowest BCUT2D eigenvalue weighted by atomic mass is 10.2. The van der Waals surface area contributed by atoms with Crippen LogP contribution in [-0.4, -0.2) is 12.1 Å². The summed E-state index contributed by atoms with van der Waals surface area (Å²) >= 11 is 3.44. The van der Waals surface area contributed by atoms with Gasteiger partial charge in [0.25, 0.3) is 0 Å². The summed E-state index contributed by atoms with van der Waals surface area (Å²) in [6, 6.07) is 9.44. The Labute approximate surface area is 120 Å². The van der Waals surface area contributed by atoms with Gasteiger partial charge >= 0.3 is 0 Å². The minimum absolute atomic E-state index is 0.412. The number of hydrogen-bond donors (Lipinski definition) is 1. The lowest BCUT2D eigenvalue weighted by Crippen LogP contribution is -2.01. The van der Waals surface area contributed by atoms with Crippen molar-refractivity contribution in [1.82, 2.24) is 4.98 Å². The molecule has 0 fully saturated rings. The van der Waals surface area contributed by atoms with Crippen molar-refractivity contribution in [2.24, 2.45) is 5.73 Å². The van der Waals surface area contributed by atoms with Crippen molar-refractivity contribution in [2.45, 2.75) is 13.2 Å². The Morgan fingerprint density at radius 2 is 2.11 bits per heavy atom. The van der Waals surface area contributed by atoms with Crippen LogP contribution in [-0.2, 0) is 13.2 Å². The zero-order valence-corrected chi connectivity index (χ0v) is 12.2. The van der Waals surface area contributed by atoms with Crippen LogP contribution in [0, 0.1) is 0 Å². The van der Waals surface area contributed by atoms with Gasteiger partial charge in [0.15, 0.2) is 0 Å². The molecule has 1 aromatic carbocycles. The number of benzene rings is 1. The van der Waals surface area contributed by atoms with Gasteiger partial charge in [0.05, 0.1) is 17.3 Å². The van der Waals surface area contributed by atoms with Crippen LogP contribution in [0.3, 0.4) is 0 Å². The number of halogens is 1. The number of nitrogens with zero attached hydrogens (tertiary/aromatic N) is 1. The van der Waals surface area contributed by atoms with Crippen LogP contribution < -0.4 is 15.2 Å². The summed E-state index contributed by atoms with van der Waals surface area (Å²) in [5.41, 5.74) is 7.39. The van der Waals surface area contributed by atoms with Crippen LogP contribution in [0.15, 0.2) is 41.0 Å². The average Bonchev–Trinajstić information content (AvgIpc) is 2.46. The molecule has 0 aliphatic carbocycles. The first kappa shape index (κ1) is 13.8. The maximum Gasteiger partial charge on any atom is 0.134 e. The van der Waals surface area contributed by atoms with Crippen molar-refractivity contribution in [1.29, 1.82) is 0 Å². The minimum atomic E-state index is 0.412. The summed E-state index contributed by atoms with van der Waals surface area (Å²) in [4.78, 5) is 4.28. The van der Waals surface area contributed by atoms with E-state index in [2.05, 4.69) is 20.9 Å². The van der Waals surface area contributed by atoms with Gasteiger partial charge in [-0.25, -0.2) is 0 Å². The molecule has 2 rings (SSSR count). The zero-order chi connectivity index (χ0) is 13.7. The van der Waals surface area contributed by atoms with Crippen LogP contribution in [0.1, 0.15) is 11.3 Å². The third kappa shape index (κ3) is 3.68. The quantitative estimate of drug-likeness (QED) is 0.919. The van der Waals surface area contributed by atoms with Gasteiger partial charge in [0.2, 0.25) is 0 Å². The van der Waals surface area contributed by atoms with Crippen LogP contribution in [0.5, 0.6) is 11.5 Å². The largest absolute Gasteiger partial charge is 0.497 e. The molecule has 0 amide bonds. The van der Waals surface area contributed by atoms with Crippen molar-refractivity contribution in [3.05, 3.63) is 52.3 Å². The lowest BCUT2D eigenvalue weighted by Gasteiger charge is -2.09. The molecule has 0 aliphatic heterocycles. The first-order chi connectivity index (χ1) is 9.22. The van der Waals surface area contributed by atoms with Gasteiger partial charge in [0.1, 0.15) is 18.1 Å². The molecular weight excluding hydrogens is 308 g/mol. The monoisotopic (exact) mass is 322 g/mol. The van der Waals surface area contributed by atoms with E-state index in [4.69, 9.17) is 15.2 Å². The maximum absolute atomic E-state index is 5.70. The molecule has 100 valence electrons. The maximum atomic E-state index is 5.70. The fraction of sp³-hybridized carbons (Fsp3) is 0.214. The standard InChI is InChI=1S/C14H15BrN2O2/c1-18-12-4-5-14(13(15)6-12)19-9-11-3-2-10(7-16)8-17-11/h2-6,8H,7,9,16H2,1H3. The summed E-state index contributed by atoms with van der Waals surface area (Å²) in [5.74, 6) is 1.54. The molecule has 0 saturated heterocycles. The Kier molecular flexibility index (Phi) is 4.76.